The van der Waals surface area contributed by atoms with E-state index < -0.39 is 63.1 Å². The van der Waals surface area contributed by atoms with Crippen molar-refractivity contribution < 1.29 is 58.3 Å². The summed E-state index contributed by atoms with van der Waals surface area (Å²) in [7, 11) is -5.02. The van der Waals surface area contributed by atoms with Gasteiger partial charge in [-0.3, -0.25) is 13.8 Å². The highest BCUT2D eigenvalue weighted by molar-refractivity contribution is 7.47. The van der Waals surface area contributed by atoms with Crippen molar-refractivity contribution in [3.8, 4) is 0 Å². The number of unbranched alkanes of at least 4 members (excludes halogenated alkanes) is 20. The van der Waals surface area contributed by atoms with E-state index in [0.29, 0.717) is 13.0 Å². The van der Waals surface area contributed by atoms with Crippen LogP contribution >= 0.6 is 7.82 Å². The van der Waals surface area contributed by atoms with E-state index in [2.05, 4.69) is 50.3 Å². The van der Waals surface area contributed by atoms with Crippen molar-refractivity contribution in [2.24, 2.45) is 0 Å². The van der Waals surface area contributed by atoms with Gasteiger partial charge in [0.2, 0.25) is 0 Å². The first-order valence-corrected chi connectivity index (χ1v) is 24.3. The third kappa shape index (κ3) is 28.2. The quantitative estimate of drug-likeness (QED) is 0.0150. The van der Waals surface area contributed by atoms with Crippen LogP contribution in [0.5, 0.6) is 0 Å². The molecule has 6 atom stereocenters. The molecule has 13 heteroatoms. The molecular weight excluding hydrogens is 763 g/mol. The van der Waals surface area contributed by atoms with Gasteiger partial charge >= 0.3 is 13.8 Å². The maximum atomic E-state index is 12.8. The number of phosphoric acid groups is 1. The van der Waals surface area contributed by atoms with Gasteiger partial charge in [-0.05, 0) is 44.9 Å². The molecule has 340 valence electrons. The standard InChI is InChI=1S/C45H83O12P/c1-3-5-7-9-11-13-15-17-19-20-21-22-24-26-28-30-32-34-39(46)56-38(36-54-35-33-31-29-27-25-23-18-16-14-12-10-8-6-4-2)37-55-58(52,53)57-45-43(50)41(48)40(47)42(49)44(45)51/h5,7,11,13,17,19,38,40-45,47-51H,3-4,6,8-10,12,14-16,18,20-37H2,1-2H3,(H,52,53)/b7-5-,13-11-,19-17-. The molecule has 6 unspecified atom stereocenters. The zero-order valence-corrected chi connectivity index (χ0v) is 37.0. The number of carbonyl (C=O) groups excluding carboxylic acids is 1. The van der Waals surface area contributed by atoms with Crippen molar-refractivity contribution in [3.05, 3.63) is 36.5 Å². The average Bonchev–Trinajstić information content (AvgIpc) is 3.21. The van der Waals surface area contributed by atoms with Crippen molar-refractivity contribution in [3.63, 3.8) is 0 Å². The second-order valence-electron chi connectivity index (χ2n) is 15.9. The van der Waals surface area contributed by atoms with Crippen LogP contribution in [0.2, 0.25) is 0 Å². The first-order valence-electron chi connectivity index (χ1n) is 22.8. The number of aliphatic hydroxyl groups is 5. The predicted molar refractivity (Wildman–Crippen MR) is 230 cm³/mol. The molecule has 12 nitrogen and oxygen atoms in total. The van der Waals surface area contributed by atoms with E-state index in [1.165, 1.54) is 77.0 Å². The summed E-state index contributed by atoms with van der Waals surface area (Å²) in [6.45, 7) is 4.14. The molecule has 1 aliphatic carbocycles. The monoisotopic (exact) mass is 847 g/mol. The highest BCUT2D eigenvalue weighted by Gasteiger charge is 2.51. The molecule has 1 rings (SSSR count). The van der Waals surface area contributed by atoms with Crippen molar-refractivity contribution in [2.75, 3.05) is 19.8 Å². The summed E-state index contributed by atoms with van der Waals surface area (Å²) in [6.07, 6.45) is 29.2. The maximum absolute atomic E-state index is 12.8. The molecule has 0 aliphatic heterocycles. The fraction of sp³-hybridized carbons (Fsp3) is 0.844. The number of rotatable bonds is 38. The highest BCUT2D eigenvalue weighted by Crippen LogP contribution is 2.47. The van der Waals surface area contributed by atoms with Crippen LogP contribution in [0, 0.1) is 0 Å². The Balaban J connectivity index is 2.40. The summed E-state index contributed by atoms with van der Waals surface area (Å²) in [5.41, 5.74) is 0. The van der Waals surface area contributed by atoms with E-state index >= 15 is 0 Å². The van der Waals surface area contributed by atoms with Gasteiger partial charge in [-0.1, -0.05) is 166 Å². The lowest BCUT2D eigenvalue weighted by Gasteiger charge is -2.41. The number of esters is 1. The Kier molecular flexibility index (Phi) is 34.1. The van der Waals surface area contributed by atoms with Gasteiger partial charge in [-0.25, -0.2) is 4.57 Å². The Morgan fingerprint density at radius 3 is 1.55 bits per heavy atom. The molecule has 0 aromatic rings. The van der Waals surface area contributed by atoms with Crippen LogP contribution in [-0.2, 0) is 27.9 Å². The molecule has 0 bridgehead atoms. The topological polar surface area (TPSA) is 192 Å². The number of hydrogen-bond acceptors (Lipinski definition) is 11. The zero-order chi connectivity index (χ0) is 42.7. The first kappa shape index (κ1) is 54.6. The largest absolute Gasteiger partial charge is 0.472 e. The minimum Gasteiger partial charge on any atom is -0.457 e. The molecule has 1 saturated carbocycles. The Morgan fingerprint density at radius 1 is 0.569 bits per heavy atom. The molecular formula is C45H83O12P. The van der Waals surface area contributed by atoms with Crippen LogP contribution in [0.4, 0.5) is 0 Å². The highest BCUT2D eigenvalue weighted by atomic mass is 31.2. The molecule has 0 radical (unpaired) electrons. The van der Waals surface area contributed by atoms with E-state index in [1.807, 2.05) is 0 Å². The second kappa shape index (κ2) is 36.2. The van der Waals surface area contributed by atoms with Crippen molar-refractivity contribution in [1.82, 2.24) is 0 Å². The van der Waals surface area contributed by atoms with Crippen LogP contribution in [0.25, 0.3) is 0 Å². The molecule has 0 amide bonds. The lowest BCUT2D eigenvalue weighted by atomic mass is 9.85. The molecule has 0 spiro atoms. The molecule has 1 fully saturated rings. The summed E-state index contributed by atoms with van der Waals surface area (Å²) < 4.78 is 34.2. The number of aliphatic hydroxyl groups excluding tert-OH is 5. The summed E-state index contributed by atoms with van der Waals surface area (Å²) in [5, 5.41) is 50.1. The van der Waals surface area contributed by atoms with E-state index in [1.54, 1.807) is 0 Å². The van der Waals surface area contributed by atoms with E-state index in [0.717, 1.165) is 77.0 Å². The van der Waals surface area contributed by atoms with Crippen molar-refractivity contribution >= 4 is 13.8 Å². The lowest BCUT2D eigenvalue weighted by molar-refractivity contribution is -0.220. The smallest absolute Gasteiger partial charge is 0.457 e. The van der Waals surface area contributed by atoms with Crippen LogP contribution in [0.3, 0.4) is 0 Å². The van der Waals surface area contributed by atoms with Gasteiger partial charge in [-0.2, -0.15) is 0 Å². The second-order valence-corrected chi connectivity index (χ2v) is 17.3. The number of allylic oxidation sites excluding steroid dienone is 6. The Hall–Kier alpha value is -1.44. The number of carbonyl (C=O) groups is 1. The minimum absolute atomic E-state index is 0.0784. The van der Waals surface area contributed by atoms with E-state index in [9.17, 15) is 39.8 Å². The summed E-state index contributed by atoms with van der Waals surface area (Å²) in [5.74, 6) is -0.486. The lowest BCUT2D eigenvalue weighted by Crippen LogP contribution is -2.64. The normalized spacial score (nSPS) is 23.0. The Morgan fingerprint density at radius 2 is 1.02 bits per heavy atom. The fourth-order valence-electron chi connectivity index (χ4n) is 6.90. The minimum atomic E-state index is -5.02. The van der Waals surface area contributed by atoms with Gasteiger partial charge in [-0.15, -0.1) is 0 Å². The summed E-state index contributed by atoms with van der Waals surface area (Å²) in [4.78, 5) is 23.1. The zero-order valence-electron chi connectivity index (χ0n) is 36.1. The molecule has 6 N–H and O–H groups in total. The van der Waals surface area contributed by atoms with Gasteiger partial charge in [0, 0.05) is 13.0 Å². The fourth-order valence-corrected chi connectivity index (χ4v) is 7.87. The third-order valence-electron chi connectivity index (χ3n) is 10.5. The predicted octanol–water partition coefficient (Wildman–Crippen LogP) is 9.09. The van der Waals surface area contributed by atoms with Gasteiger partial charge < -0.3 is 39.9 Å². The van der Waals surface area contributed by atoms with Crippen LogP contribution in [0.1, 0.15) is 181 Å². The summed E-state index contributed by atoms with van der Waals surface area (Å²) >= 11 is 0. The SMILES string of the molecule is CC/C=C\C/C=C\C/C=C\CCCCCCCCCC(=O)OC(COCCCCCCCCCCCCCCCC)COP(=O)(O)OC1C(O)C(O)C(O)C(O)C1O. The summed E-state index contributed by atoms with van der Waals surface area (Å²) in [6, 6.07) is 0. The van der Waals surface area contributed by atoms with Crippen molar-refractivity contribution in [1.29, 1.82) is 0 Å². The van der Waals surface area contributed by atoms with Crippen LogP contribution in [0.15, 0.2) is 36.5 Å². The third-order valence-corrected chi connectivity index (χ3v) is 11.5. The molecule has 1 aliphatic rings. The van der Waals surface area contributed by atoms with Crippen LogP contribution in [-0.4, -0.2) is 98.9 Å². The Labute approximate surface area is 351 Å². The van der Waals surface area contributed by atoms with Gasteiger partial charge in [0.1, 0.15) is 42.7 Å². The molecule has 58 heavy (non-hydrogen) atoms. The Bertz CT molecular complexity index is 1100. The maximum Gasteiger partial charge on any atom is 0.472 e. The van der Waals surface area contributed by atoms with Crippen molar-refractivity contribution in [2.45, 2.75) is 224 Å². The average molecular weight is 847 g/mol. The number of phosphoric ester groups is 1. The number of hydrogen-bond donors (Lipinski definition) is 6. The molecule has 0 heterocycles. The molecule has 0 aromatic carbocycles. The van der Waals surface area contributed by atoms with Gasteiger partial charge in [0.15, 0.2) is 0 Å². The van der Waals surface area contributed by atoms with E-state index in [-0.39, 0.29) is 13.0 Å². The van der Waals surface area contributed by atoms with Gasteiger partial charge in [0.05, 0.1) is 13.2 Å². The molecule has 0 aromatic heterocycles. The van der Waals surface area contributed by atoms with Crippen LogP contribution < -0.4 is 0 Å². The first-order chi connectivity index (χ1) is 28.0. The number of ether oxygens (including phenoxy) is 2. The van der Waals surface area contributed by atoms with E-state index in [4.69, 9.17) is 18.5 Å². The van der Waals surface area contributed by atoms with Gasteiger partial charge in [0.25, 0.3) is 0 Å². The molecule has 0 saturated heterocycles.